The Morgan fingerprint density at radius 1 is 1.19 bits per heavy atom. The Labute approximate surface area is 183 Å². The van der Waals surface area contributed by atoms with E-state index in [9.17, 15) is 4.79 Å². The van der Waals surface area contributed by atoms with Crippen molar-refractivity contribution in [3.8, 4) is 0 Å². The lowest BCUT2D eigenvalue weighted by Crippen LogP contribution is -2.40. The molecule has 0 spiro atoms. The summed E-state index contributed by atoms with van der Waals surface area (Å²) >= 11 is 1.78. The zero-order valence-corrected chi connectivity index (χ0v) is 19.4. The minimum Gasteiger partial charge on any atom is -0.356 e. The van der Waals surface area contributed by atoms with Gasteiger partial charge in [-0.15, -0.1) is 24.0 Å². The topological polar surface area (TPSA) is 61.7 Å². The van der Waals surface area contributed by atoms with Crippen LogP contribution >= 0.6 is 35.7 Å². The summed E-state index contributed by atoms with van der Waals surface area (Å²) in [6.45, 7) is 2.72. The highest BCUT2D eigenvalue weighted by molar-refractivity contribution is 14.0. The van der Waals surface area contributed by atoms with Gasteiger partial charge in [0.2, 0.25) is 5.91 Å². The minimum absolute atomic E-state index is 0. The SMILES string of the molecule is CSCCNC(=NCC(=O)N(C)C)NCCCn1ccc2ccccc21.I. The number of hydrogen-bond acceptors (Lipinski definition) is 3. The molecule has 1 heterocycles. The monoisotopic (exact) mass is 503 g/mol. The van der Waals surface area contributed by atoms with Crippen LogP contribution in [0, 0.1) is 0 Å². The Morgan fingerprint density at radius 2 is 1.93 bits per heavy atom. The quantitative estimate of drug-likeness (QED) is 0.239. The summed E-state index contributed by atoms with van der Waals surface area (Å²) in [6, 6.07) is 10.6. The second-order valence-corrected chi connectivity index (χ2v) is 7.21. The van der Waals surface area contributed by atoms with Crippen molar-refractivity contribution in [1.82, 2.24) is 20.1 Å². The fraction of sp³-hybridized carbons (Fsp3) is 0.474. The lowest BCUT2D eigenvalue weighted by atomic mass is 10.2. The number of aryl methyl sites for hydroxylation is 1. The second-order valence-electron chi connectivity index (χ2n) is 6.22. The Bertz CT molecular complexity index is 732. The van der Waals surface area contributed by atoms with Crippen molar-refractivity contribution in [2.24, 2.45) is 4.99 Å². The van der Waals surface area contributed by atoms with Gasteiger partial charge in [-0.1, -0.05) is 18.2 Å². The number of rotatable bonds is 9. The summed E-state index contributed by atoms with van der Waals surface area (Å²) in [7, 11) is 3.49. The maximum atomic E-state index is 11.7. The molecule has 0 unspecified atom stereocenters. The van der Waals surface area contributed by atoms with Crippen LogP contribution in [-0.4, -0.2) is 67.1 Å². The van der Waals surface area contributed by atoms with Gasteiger partial charge < -0.3 is 20.1 Å². The maximum absolute atomic E-state index is 11.7. The molecule has 2 rings (SSSR count). The number of nitrogens with one attached hydrogen (secondary N) is 2. The normalized spacial score (nSPS) is 11.1. The number of nitrogens with zero attached hydrogens (tertiary/aromatic N) is 3. The first kappa shape index (κ1) is 23.6. The number of likely N-dealkylation sites (N-methyl/N-ethyl adjacent to an activating group) is 1. The van der Waals surface area contributed by atoms with E-state index in [1.165, 1.54) is 10.9 Å². The molecule has 0 bridgehead atoms. The Morgan fingerprint density at radius 3 is 2.67 bits per heavy atom. The summed E-state index contributed by atoms with van der Waals surface area (Å²) < 4.78 is 2.27. The van der Waals surface area contributed by atoms with E-state index in [0.29, 0.717) is 5.96 Å². The molecular weight excluding hydrogens is 473 g/mol. The Balaban J connectivity index is 0.00000364. The number of amides is 1. The fourth-order valence-corrected chi connectivity index (χ4v) is 2.83. The molecule has 0 saturated carbocycles. The number of carbonyl (C=O) groups excluding carboxylic acids is 1. The van der Waals surface area contributed by atoms with Crippen molar-refractivity contribution in [3.05, 3.63) is 36.5 Å². The van der Waals surface area contributed by atoms with Gasteiger partial charge in [-0.05, 0) is 30.2 Å². The number of aliphatic imine (C=N–C) groups is 1. The van der Waals surface area contributed by atoms with Crippen LogP contribution < -0.4 is 10.6 Å². The summed E-state index contributed by atoms with van der Waals surface area (Å²) in [5.41, 5.74) is 1.26. The predicted octanol–water partition coefficient (Wildman–Crippen LogP) is 2.64. The first-order valence-electron chi connectivity index (χ1n) is 8.87. The number of fused-ring (bicyclic) bond motifs is 1. The van der Waals surface area contributed by atoms with Crippen LogP contribution in [0.5, 0.6) is 0 Å². The summed E-state index contributed by atoms with van der Waals surface area (Å²) in [5.74, 6) is 1.69. The van der Waals surface area contributed by atoms with Gasteiger partial charge in [0, 0.05) is 51.2 Å². The third-order valence-electron chi connectivity index (χ3n) is 4.02. The molecule has 2 aromatic rings. The molecule has 8 heteroatoms. The third-order valence-corrected chi connectivity index (χ3v) is 4.63. The summed E-state index contributed by atoms with van der Waals surface area (Å²) in [4.78, 5) is 17.7. The van der Waals surface area contributed by atoms with Gasteiger partial charge in [-0.3, -0.25) is 4.79 Å². The van der Waals surface area contributed by atoms with E-state index in [-0.39, 0.29) is 36.4 Å². The van der Waals surface area contributed by atoms with Crippen molar-refractivity contribution < 1.29 is 4.79 Å². The van der Waals surface area contributed by atoms with Crippen LogP contribution in [-0.2, 0) is 11.3 Å². The van der Waals surface area contributed by atoms with Gasteiger partial charge in [0.15, 0.2) is 5.96 Å². The molecule has 0 radical (unpaired) electrons. The van der Waals surface area contributed by atoms with E-state index in [1.54, 1.807) is 30.8 Å². The molecule has 0 aliphatic carbocycles. The largest absolute Gasteiger partial charge is 0.356 e. The molecule has 6 nitrogen and oxygen atoms in total. The number of carbonyl (C=O) groups is 1. The fourth-order valence-electron chi connectivity index (χ4n) is 2.53. The standard InChI is InChI=1S/C19H29N5OS.HI/c1-23(2)18(25)15-22-19(21-11-14-26-3)20-10-6-12-24-13-9-16-7-4-5-8-17(16)24;/h4-5,7-9,13H,6,10-12,14-15H2,1-3H3,(H2,20,21,22);1H. The van der Waals surface area contributed by atoms with Crippen LogP contribution in [0.1, 0.15) is 6.42 Å². The zero-order chi connectivity index (χ0) is 18.8. The average Bonchev–Trinajstić information content (AvgIpc) is 3.05. The Hall–Kier alpha value is -1.42. The molecule has 1 aromatic carbocycles. The van der Waals surface area contributed by atoms with Crippen molar-refractivity contribution >= 4 is 58.5 Å². The van der Waals surface area contributed by atoms with Gasteiger partial charge in [0.1, 0.15) is 6.54 Å². The Kier molecular flexibility index (Phi) is 11.3. The van der Waals surface area contributed by atoms with E-state index in [2.05, 4.69) is 63.0 Å². The van der Waals surface area contributed by atoms with Crippen LogP contribution in [0.3, 0.4) is 0 Å². The van der Waals surface area contributed by atoms with Crippen molar-refractivity contribution in [2.45, 2.75) is 13.0 Å². The minimum atomic E-state index is -0.00484. The third kappa shape index (κ3) is 8.00. The van der Waals surface area contributed by atoms with E-state index in [0.717, 1.165) is 31.8 Å². The second kappa shape index (κ2) is 12.9. The lowest BCUT2D eigenvalue weighted by molar-refractivity contribution is -0.127. The number of halogens is 1. The first-order chi connectivity index (χ1) is 12.6. The number of benzene rings is 1. The average molecular weight is 503 g/mol. The van der Waals surface area contributed by atoms with Gasteiger partial charge in [0.05, 0.1) is 0 Å². The molecule has 150 valence electrons. The van der Waals surface area contributed by atoms with Gasteiger partial charge in [0.25, 0.3) is 0 Å². The summed E-state index contributed by atoms with van der Waals surface area (Å²) in [5, 5.41) is 7.88. The first-order valence-corrected chi connectivity index (χ1v) is 10.3. The molecule has 1 amide bonds. The molecule has 0 atom stereocenters. The smallest absolute Gasteiger partial charge is 0.243 e. The number of aromatic nitrogens is 1. The molecule has 0 aliphatic heterocycles. The highest BCUT2D eigenvalue weighted by Crippen LogP contribution is 2.15. The van der Waals surface area contributed by atoms with E-state index in [1.807, 2.05) is 0 Å². The van der Waals surface area contributed by atoms with Crippen LogP contribution in [0.25, 0.3) is 10.9 Å². The molecule has 1 aromatic heterocycles. The summed E-state index contributed by atoms with van der Waals surface area (Å²) in [6.07, 6.45) is 5.18. The molecular formula is C19H30IN5OS. The molecule has 0 fully saturated rings. The molecule has 2 N–H and O–H groups in total. The zero-order valence-electron chi connectivity index (χ0n) is 16.3. The van der Waals surface area contributed by atoms with Crippen LogP contribution in [0.4, 0.5) is 0 Å². The number of para-hydroxylation sites is 1. The lowest BCUT2D eigenvalue weighted by Gasteiger charge is -2.14. The van der Waals surface area contributed by atoms with Crippen LogP contribution in [0.15, 0.2) is 41.5 Å². The highest BCUT2D eigenvalue weighted by atomic mass is 127. The van der Waals surface area contributed by atoms with Gasteiger partial charge in [-0.2, -0.15) is 11.8 Å². The van der Waals surface area contributed by atoms with E-state index >= 15 is 0 Å². The molecule has 0 saturated heterocycles. The van der Waals surface area contributed by atoms with Crippen molar-refractivity contribution in [3.63, 3.8) is 0 Å². The van der Waals surface area contributed by atoms with Crippen molar-refractivity contribution in [2.75, 3.05) is 45.7 Å². The van der Waals surface area contributed by atoms with E-state index in [4.69, 9.17) is 0 Å². The van der Waals surface area contributed by atoms with E-state index < -0.39 is 0 Å². The van der Waals surface area contributed by atoms with Crippen LogP contribution in [0.2, 0.25) is 0 Å². The molecule has 0 aliphatic rings. The number of hydrogen-bond donors (Lipinski definition) is 2. The van der Waals surface area contributed by atoms with Gasteiger partial charge >= 0.3 is 0 Å². The maximum Gasteiger partial charge on any atom is 0.243 e. The predicted molar refractivity (Wildman–Crippen MR) is 127 cm³/mol. The number of guanidine groups is 1. The van der Waals surface area contributed by atoms with Gasteiger partial charge in [-0.25, -0.2) is 4.99 Å². The molecule has 27 heavy (non-hydrogen) atoms. The number of thioether (sulfide) groups is 1. The highest BCUT2D eigenvalue weighted by Gasteiger charge is 2.05. The van der Waals surface area contributed by atoms with Crippen molar-refractivity contribution in [1.29, 1.82) is 0 Å².